The fourth-order valence-corrected chi connectivity index (χ4v) is 2.62. The number of nitro benzene ring substituents is 1. The van der Waals surface area contributed by atoms with Gasteiger partial charge in [-0.1, -0.05) is 12.1 Å². The van der Waals surface area contributed by atoms with Gasteiger partial charge in [0.15, 0.2) is 4.90 Å². The van der Waals surface area contributed by atoms with Crippen molar-refractivity contribution >= 4 is 15.7 Å². The average molecular weight is 303 g/mol. The van der Waals surface area contributed by atoms with Crippen LogP contribution in [0.4, 0.5) is 5.69 Å². The molecule has 0 aliphatic carbocycles. The van der Waals surface area contributed by atoms with Gasteiger partial charge < -0.3 is 10.1 Å². The molecule has 0 atom stereocenters. The van der Waals surface area contributed by atoms with Crippen LogP contribution >= 0.6 is 0 Å². The molecule has 0 bridgehead atoms. The number of rotatable bonds is 9. The lowest BCUT2D eigenvalue weighted by atomic mass is 10.3. The van der Waals surface area contributed by atoms with Crippen molar-refractivity contribution in [2.45, 2.75) is 4.90 Å². The molecule has 0 aromatic heterocycles. The van der Waals surface area contributed by atoms with Crippen molar-refractivity contribution in [2.24, 2.45) is 0 Å². The molecular weight excluding hydrogens is 286 g/mol. The van der Waals surface area contributed by atoms with Crippen LogP contribution < -0.4 is 10.0 Å². The molecule has 0 spiro atoms. The van der Waals surface area contributed by atoms with Crippen LogP contribution in [-0.4, -0.2) is 46.7 Å². The lowest BCUT2D eigenvalue weighted by Crippen LogP contribution is -2.28. The van der Waals surface area contributed by atoms with E-state index in [1.165, 1.54) is 18.2 Å². The van der Waals surface area contributed by atoms with Crippen molar-refractivity contribution in [1.82, 2.24) is 10.0 Å². The summed E-state index contributed by atoms with van der Waals surface area (Å²) in [6.07, 6.45) is 0. The monoisotopic (exact) mass is 303 g/mol. The van der Waals surface area contributed by atoms with Gasteiger partial charge in [0.2, 0.25) is 10.0 Å². The Morgan fingerprint density at radius 2 is 1.90 bits per heavy atom. The van der Waals surface area contributed by atoms with Crippen LogP contribution in [0.2, 0.25) is 0 Å². The highest BCUT2D eigenvalue weighted by Crippen LogP contribution is 2.22. The Morgan fingerprint density at radius 1 is 1.25 bits per heavy atom. The SMILES string of the molecule is CNCCOCCNS(=O)(=O)c1ccccc1[N+](=O)[O-]. The van der Waals surface area contributed by atoms with Gasteiger partial charge in [0, 0.05) is 19.2 Å². The molecular formula is C11H17N3O5S. The maximum absolute atomic E-state index is 12.0. The number of ether oxygens (including phenoxy) is 1. The molecule has 1 rings (SSSR count). The van der Waals surface area contributed by atoms with Crippen molar-refractivity contribution < 1.29 is 18.1 Å². The zero-order valence-corrected chi connectivity index (χ0v) is 11.9. The third kappa shape index (κ3) is 4.85. The molecule has 0 unspecified atom stereocenters. The van der Waals surface area contributed by atoms with Gasteiger partial charge in [-0.15, -0.1) is 0 Å². The molecule has 112 valence electrons. The smallest absolute Gasteiger partial charge is 0.289 e. The molecule has 0 saturated carbocycles. The number of nitro groups is 1. The van der Waals surface area contributed by atoms with Crippen LogP contribution in [0.1, 0.15) is 0 Å². The molecule has 9 heteroatoms. The summed E-state index contributed by atoms with van der Waals surface area (Å²) < 4.78 is 31.4. The number of hydrogen-bond donors (Lipinski definition) is 2. The summed E-state index contributed by atoms with van der Waals surface area (Å²) in [6, 6.07) is 5.20. The normalized spacial score (nSPS) is 11.4. The van der Waals surface area contributed by atoms with E-state index < -0.39 is 20.6 Å². The minimum atomic E-state index is -3.92. The van der Waals surface area contributed by atoms with Gasteiger partial charge in [-0.3, -0.25) is 10.1 Å². The second kappa shape index (κ2) is 7.90. The standard InChI is InChI=1S/C11H17N3O5S/c1-12-6-8-19-9-7-13-20(17,18)11-5-3-2-4-10(11)14(15)16/h2-5,12-13H,6-9H2,1H3. The maximum atomic E-state index is 12.0. The van der Waals surface area contributed by atoms with Crippen molar-refractivity contribution in [3.8, 4) is 0 Å². The number of sulfonamides is 1. The molecule has 0 saturated heterocycles. The quantitative estimate of drug-likeness (QED) is 0.380. The highest BCUT2D eigenvalue weighted by molar-refractivity contribution is 7.89. The van der Waals surface area contributed by atoms with Gasteiger partial charge in [0.05, 0.1) is 18.1 Å². The Labute approximate surface area is 117 Å². The third-order valence-electron chi connectivity index (χ3n) is 2.39. The zero-order chi connectivity index (χ0) is 15.0. The van der Waals surface area contributed by atoms with Crippen molar-refractivity contribution in [3.63, 3.8) is 0 Å². The number of benzene rings is 1. The first-order valence-electron chi connectivity index (χ1n) is 5.94. The molecule has 1 aromatic carbocycles. The van der Waals surface area contributed by atoms with Crippen molar-refractivity contribution in [1.29, 1.82) is 0 Å². The Bertz CT molecular complexity index is 547. The second-order valence-electron chi connectivity index (χ2n) is 3.84. The Balaban J connectivity index is 2.63. The number of para-hydroxylation sites is 1. The summed E-state index contributed by atoms with van der Waals surface area (Å²) in [4.78, 5) is 9.73. The molecule has 20 heavy (non-hydrogen) atoms. The van der Waals surface area contributed by atoms with Crippen molar-refractivity contribution in [3.05, 3.63) is 34.4 Å². The van der Waals surface area contributed by atoms with Gasteiger partial charge >= 0.3 is 0 Å². The van der Waals surface area contributed by atoms with E-state index in [9.17, 15) is 18.5 Å². The van der Waals surface area contributed by atoms with Crippen LogP contribution in [-0.2, 0) is 14.8 Å². The number of likely N-dealkylation sites (N-methyl/N-ethyl adjacent to an activating group) is 1. The summed E-state index contributed by atoms with van der Waals surface area (Å²) >= 11 is 0. The Morgan fingerprint density at radius 3 is 2.55 bits per heavy atom. The summed E-state index contributed by atoms with van der Waals surface area (Å²) in [7, 11) is -2.14. The molecule has 1 aromatic rings. The molecule has 2 N–H and O–H groups in total. The van der Waals surface area contributed by atoms with Crippen LogP contribution in [0, 0.1) is 10.1 Å². The summed E-state index contributed by atoms with van der Waals surface area (Å²) in [5.74, 6) is 0. The fraction of sp³-hybridized carbons (Fsp3) is 0.455. The fourth-order valence-electron chi connectivity index (χ4n) is 1.44. The number of nitrogens with one attached hydrogen (secondary N) is 2. The highest BCUT2D eigenvalue weighted by Gasteiger charge is 2.24. The van der Waals surface area contributed by atoms with Crippen molar-refractivity contribution in [2.75, 3.05) is 33.4 Å². The predicted molar refractivity (Wildman–Crippen MR) is 73.0 cm³/mol. The molecule has 8 nitrogen and oxygen atoms in total. The van der Waals surface area contributed by atoms with Gasteiger partial charge in [0.1, 0.15) is 0 Å². The van der Waals surface area contributed by atoms with E-state index in [4.69, 9.17) is 4.74 Å². The summed E-state index contributed by atoms with van der Waals surface area (Å²) in [5.41, 5.74) is -0.448. The first-order chi connectivity index (χ1) is 9.49. The molecule has 0 amide bonds. The largest absolute Gasteiger partial charge is 0.379 e. The predicted octanol–water partition coefficient (Wildman–Crippen LogP) is 0.109. The van der Waals surface area contributed by atoms with E-state index in [0.717, 1.165) is 6.07 Å². The lowest BCUT2D eigenvalue weighted by molar-refractivity contribution is -0.387. The first-order valence-corrected chi connectivity index (χ1v) is 7.43. The van der Waals surface area contributed by atoms with Gasteiger partial charge in [-0.2, -0.15) is 0 Å². The van der Waals surface area contributed by atoms with Crippen LogP contribution in [0.15, 0.2) is 29.2 Å². The Kier molecular flexibility index (Phi) is 6.52. The van der Waals surface area contributed by atoms with E-state index in [-0.39, 0.29) is 18.0 Å². The maximum Gasteiger partial charge on any atom is 0.289 e. The molecule has 0 fully saturated rings. The van der Waals surface area contributed by atoms with Crippen LogP contribution in [0.5, 0.6) is 0 Å². The lowest BCUT2D eigenvalue weighted by Gasteiger charge is -2.07. The molecule has 0 heterocycles. The average Bonchev–Trinajstić information content (AvgIpc) is 2.42. The topological polar surface area (TPSA) is 111 Å². The molecule has 0 radical (unpaired) electrons. The number of nitrogens with zero attached hydrogens (tertiary/aromatic N) is 1. The Hall–Kier alpha value is -1.55. The van der Waals surface area contributed by atoms with Crippen LogP contribution in [0.3, 0.4) is 0 Å². The van der Waals surface area contributed by atoms with E-state index >= 15 is 0 Å². The van der Waals surface area contributed by atoms with Gasteiger partial charge in [-0.25, -0.2) is 13.1 Å². The third-order valence-corrected chi connectivity index (χ3v) is 3.89. The van der Waals surface area contributed by atoms with Gasteiger partial charge in [-0.05, 0) is 13.1 Å². The summed E-state index contributed by atoms with van der Waals surface area (Å²) in [6.45, 7) is 1.38. The molecule has 0 aliphatic heterocycles. The zero-order valence-electron chi connectivity index (χ0n) is 11.0. The second-order valence-corrected chi connectivity index (χ2v) is 5.57. The minimum absolute atomic E-state index is 0.0537. The van der Waals surface area contributed by atoms with Crippen LogP contribution in [0.25, 0.3) is 0 Å². The molecule has 0 aliphatic rings. The van der Waals surface area contributed by atoms with Gasteiger partial charge in [0.25, 0.3) is 5.69 Å². The first kappa shape index (κ1) is 16.5. The van der Waals surface area contributed by atoms with E-state index in [1.807, 2.05) is 0 Å². The minimum Gasteiger partial charge on any atom is -0.379 e. The van der Waals surface area contributed by atoms with E-state index in [1.54, 1.807) is 7.05 Å². The van der Waals surface area contributed by atoms with E-state index in [0.29, 0.717) is 13.2 Å². The summed E-state index contributed by atoms with van der Waals surface area (Å²) in [5, 5.41) is 13.7. The number of hydrogen-bond acceptors (Lipinski definition) is 6. The highest BCUT2D eigenvalue weighted by atomic mass is 32.2. The van der Waals surface area contributed by atoms with E-state index in [2.05, 4.69) is 10.0 Å².